The second-order valence-corrected chi connectivity index (χ2v) is 7.76. The number of likely N-dealkylation sites (N-methyl/N-ethyl adjacent to an activating group) is 1. The van der Waals surface area contributed by atoms with Crippen molar-refractivity contribution in [3.05, 3.63) is 72.0 Å². The van der Waals surface area contributed by atoms with Crippen LogP contribution in [0.5, 0.6) is 0 Å². The molecule has 1 saturated heterocycles. The molecule has 1 amide bonds. The molecule has 0 bridgehead atoms. The SMILES string of the molecule is CO[C@H]1CCN(C[C@H](c2ccccc2)N(C)C(=O)Cc2cccc3occc23)C1. The van der Waals surface area contributed by atoms with Gasteiger partial charge >= 0.3 is 0 Å². The van der Waals surface area contributed by atoms with Gasteiger partial charge in [-0.15, -0.1) is 0 Å². The molecule has 2 atom stereocenters. The highest BCUT2D eigenvalue weighted by Gasteiger charge is 2.29. The number of nitrogens with zero attached hydrogens (tertiary/aromatic N) is 2. The minimum Gasteiger partial charge on any atom is -0.464 e. The van der Waals surface area contributed by atoms with Crippen molar-refractivity contribution < 1.29 is 13.9 Å². The number of amides is 1. The van der Waals surface area contributed by atoms with Gasteiger partial charge in [0, 0.05) is 39.2 Å². The molecule has 0 unspecified atom stereocenters. The Kier molecular flexibility index (Phi) is 5.97. The van der Waals surface area contributed by atoms with E-state index in [1.807, 2.05) is 54.4 Å². The molecule has 4 rings (SSSR count). The summed E-state index contributed by atoms with van der Waals surface area (Å²) in [6.07, 6.45) is 3.36. The summed E-state index contributed by atoms with van der Waals surface area (Å²) in [4.78, 5) is 17.5. The third kappa shape index (κ3) is 4.36. The molecule has 3 aromatic rings. The molecule has 1 aromatic heterocycles. The Balaban J connectivity index is 1.53. The molecule has 5 heteroatoms. The number of hydrogen-bond acceptors (Lipinski definition) is 4. The molecule has 0 N–H and O–H groups in total. The highest BCUT2D eigenvalue weighted by molar-refractivity contribution is 5.87. The van der Waals surface area contributed by atoms with E-state index in [9.17, 15) is 4.79 Å². The van der Waals surface area contributed by atoms with Gasteiger partial charge in [-0.05, 0) is 29.7 Å². The van der Waals surface area contributed by atoms with Crippen LogP contribution < -0.4 is 0 Å². The third-order valence-electron chi connectivity index (χ3n) is 5.97. The number of ether oxygens (including phenoxy) is 1. The van der Waals surface area contributed by atoms with E-state index in [-0.39, 0.29) is 18.1 Å². The Morgan fingerprint density at radius 1 is 1.21 bits per heavy atom. The van der Waals surface area contributed by atoms with Crippen LogP contribution in [0, 0.1) is 0 Å². The van der Waals surface area contributed by atoms with Crippen LogP contribution >= 0.6 is 0 Å². The predicted octanol–water partition coefficient (Wildman–Crippen LogP) is 3.90. The van der Waals surface area contributed by atoms with Gasteiger partial charge < -0.3 is 14.1 Å². The van der Waals surface area contributed by atoms with Gasteiger partial charge in [0.1, 0.15) is 5.58 Å². The molecule has 0 radical (unpaired) electrons. The van der Waals surface area contributed by atoms with Crippen molar-refractivity contribution in [1.82, 2.24) is 9.80 Å². The van der Waals surface area contributed by atoms with Crippen molar-refractivity contribution in [3.63, 3.8) is 0 Å². The summed E-state index contributed by atoms with van der Waals surface area (Å²) in [6, 6.07) is 18.1. The van der Waals surface area contributed by atoms with Crippen LogP contribution in [0.1, 0.15) is 23.6 Å². The van der Waals surface area contributed by atoms with Crippen LogP contribution in [0.4, 0.5) is 0 Å². The number of carbonyl (C=O) groups excluding carboxylic acids is 1. The largest absolute Gasteiger partial charge is 0.464 e. The number of rotatable bonds is 7. The summed E-state index contributed by atoms with van der Waals surface area (Å²) >= 11 is 0. The van der Waals surface area contributed by atoms with Gasteiger partial charge in [-0.3, -0.25) is 9.69 Å². The molecule has 2 aromatic carbocycles. The summed E-state index contributed by atoms with van der Waals surface area (Å²) < 4.78 is 11.0. The number of carbonyl (C=O) groups is 1. The zero-order chi connectivity index (χ0) is 20.2. The molecule has 5 nitrogen and oxygen atoms in total. The first-order chi connectivity index (χ1) is 14.2. The molecular weight excluding hydrogens is 364 g/mol. The van der Waals surface area contributed by atoms with Crippen LogP contribution in [0.15, 0.2) is 65.3 Å². The van der Waals surface area contributed by atoms with Crippen molar-refractivity contribution in [2.75, 3.05) is 33.8 Å². The van der Waals surface area contributed by atoms with Gasteiger partial charge in [0.05, 0.1) is 24.8 Å². The van der Waals surface area contributed by atoms with Gasteiger partial charge in [0.2, 0.25) is 5.91 Å². The predicted molar refractivity (Wildman–Crippen MR) is 114 cm³/mol. The molecule has 0 spiro atoms. The lowest BCUT2D eigenvalue weighted by Crippen LogP contribution is -2.39. The van der Waals surface area contributed by atoms with Crippen molar-refractivity contribution in [1.29, 1.82) is 0 Å². The van der Waals surface area contributed by atoms with E-state index in [2.05, 4.69) is 17.0 Å². The molecule has 1 aliphatic rings. The fourth-order valence-electron chi connectivity index (χ4n) is 4.20. The number of methoxy groups -OCH3 is 1. The number of likely N-dealkylation sites (tertiary alicyclic amines) is 1. The molecule has 0 aliphatic carbocycles. The number of fused-ring (bicyclic) bond motifs is 1. The molecule has 2 heterocycles. The van der Waals surface area contributed by atoms with Crippen LogP contribution in [0.25, 0.3) is 11.0 Å². The van der Waals surface area contributed by atoms with E-state index >= 15 is 0 Å². The zero-order valence-electron chi connectivity index (χ0n) is 17.1. The van der Waals surface area contributed by atoms with Crippen molar-refractivity contribution >= 4 is 16.9 Å². The topological polar surface area (TPSA) is 45.9 Å². The van der Waals surface area contributed by atoms with E-state index in [1.165, 1.54) is 0 Å². The van der Waals surface area contributed by atoms with Gasteiger partial charge in [0.15, 0.2) is 0 Å². The Morgan fingerprint density at radius 2 is 2.03 bits per heavy atom. The van der Waals surface area contributed by atoms with Gasteiger partial charge in [-0.25, -0.2) is 0 Å². The molecule has 0 saturated carbocycles. The number of furan rings is 1. The van der Waals surface area contributed by atoms with E-state index in [4.69, 9.17) is 9.15 Å². The first kappa shape index (κ1) is 19.7. The lowest BCUT2D eigenvalue weighted by Gasteiger charge is -2.32. The molecule has 1 aliphatic heterocycles. The normalized spacial score (nSPS) is 18.2. The minimum atomic E-state index is 0.00265. The maximum atomic E-state index is 13.2. The standard InChI is InChI=1S/C24H28N2O3/c1-25(24(27)15-19-9-6-10-23-21(19)12-14-29-23)22(18-7-4-3-5-8-18)17-26-13-11-20(16-26)28-2/h3-10,12,14,20,22H,11,13,15-17H2,1-2H3/t20-,22+/m0/s1. The summed E-state index contributed by atoms with van der Waals surface area (Å²) in [5.74, 6) is 0.107. The van der Waals surface area contributed by atoms with Crippen LogP contribution in [-0.4, -0.2) is 55.6 Å². The number of hydrogen-bond donors (Lipinski definition) is 0. The Bertz CT molecular complexity index is 953. The average molecular weight is 392 g/mol. The Labute approximate surface area is 171 Å². The summed E-state index contributed by atoms with van der Waals surface area (Å²) in [6.45, 7) is 2.72. The van der Waals surface area contributed by atoms with Crippen LogP contribution in [0.2, 0.25) is 0 Å². The van der Waals surface area contributed by atoms with Gasteiger partial charge in [0.25, 0.3) is 0 Å². The van der Waals surface area contributed by atoms with Gasteiger partial charge in [-0.1, -0.05) is 42.5 Å². The number of benzene rings is 2. The van der Waals surface area contributed by atoms with E-state index in [0.29, 0.717) is 6.42 Å². The Morgan fingerprint density at radius 3 is 2.79 bits per heavy atom. The highest BCUT2D eigenvalue weighted by Crippen LogP contribution is 2.26. The van der Waals surface area contributed by atoms with E-state index < -0.39 is 0 Å². The van der Waals surface area contributed by atoms with Crippen molar-refractivity contribution in [2.45, 2.75) is 25.0 Å². The summed E-state index contributed by atoms with van der Waals surface area (Å²) in [5, 5.41) is 1.01. The van der Waals surface area contributed by atoms with Crippen LogP contribution in [0.3, 0.4) is 0 Å². The second kappa shape index (κ2) is 8.80. The molecule has 29 heavy (non-hydrogen) atoms. The summed E-state index contributed by atoms with van der Waals surface area (Å²) in [5.41, 5.74) is 2.98. The lowest BCUT2D eigenvalue weighted by molar-refractivity contribution is -0.131. The highest BCUT2D eigenvalue weighted by atomic mass is 16.5. The smallest absolute Gasteiger partial charge is 0.227 e. The van der Waals surface area contributed by atoms with E-state index in [0.717, 1.165) is 48.2 Å². The van der Waals surface area contributed by atoms with Crippen molar-refractivity contribution in [3.8, 4) is 0 Å². The van der Waals surface area contributed by atoms with Crippen molar-refractivity contribution in [2.24, 2.45) is 0 Å². The monoisotopic (exact) mass is 392 g/mol. The van der Waals surface area contributed by atoms with Crippen LogP contribution in [-0.2, 0) is 16.0 Å². The maximum Gasteiger partial charge on any atom is 0.227 e. The minimum absolute atomic E-state index is 0.00265. The quantitative estimate of drug-likeness (QED) is 0.612. The first-order valence-corrected chi connectivity index (χ1v) is 10.2. The molecule has 152 valence electrons. The third-order valence-corrected chi connectivity index (χ3v) is 5.97. The van der Waals surface area contributed by atoms with Gasteiger partial charge in [-0.2, -0.15) is 0 Å². The fraction of sp³-hybridized carbons (Fsp3) is 0.375. The zero-order valence-corrected chi connectivity index (χ0v) is 17.1. The Hall–Kier alpha value is -2.63. The first-order valence-electron chi connectivity index (χ1n) is 10.2. The molecular formula is C24H28N2O3. The van der Waals surface area contributed by atoms with E-state index in [1.54, 1.807) is 13.4 Å². The maximum absolute atomic E-state index is 13.2. The average Bonchev–Trinajstić information content (AvgIpc) is 3.42. The summed E-state index contributed by atoms with van der Waals surface area (Å²) in [7, 11) is 3.69. The lowest BCUT2D eigenvalue weighted by atomic mass is 10.0. The molecule has 1 fully saturated rings. The fourth-order valence-corrected chi connectivity index (χ4v) is 4.20. The second-order valence-electron chi connectivity index (χ2n) is 7.76.